The largest absolute Gasteiger partial charge is 0.477 e. The molecule has 0 saturated carbocycles. The third-order valence-corrected chi connectivity index (χ3v) is 2.57. The summed E-state index contributed by atoms with van der Waals surface area (Å²) in [5, 5.41) is 20.4. The summed E-state index contributed by atoms with van der Waals surface area (Å²) in [6, 6.07) is 5.90. The van der Waals surface area contributed by atoms with Crippen LogP contribution < -0.4 is 10.1 Å². The molecule has 0 saturated heterocycles. The summed E-state index contributed by atoms with van der Waals surface area (Å²) in [6.07, 6.45) is 0. The third-order valence-electron chi connectivity index (χ3n) is 2.57. The molecular weight excluding hydrogens is 295 g/mol. The third kappa shape index (κ3) is 3.51. The summed E-state index contributed by atoms with van der Waals surface area (Å²) in [5.41, 5.74) is -0.653. The van der Waals surface area contributed by atoms with Crippen molar-refractivity contribution in [3.05, 3.63) is 52.0 Å². The van der Waals surface area contributed by atoms with Gasteiger partial charge in [0.1, 0.15) is 0 Å². The standard InChI is InChI=1S/C13H11FN4O4/c1-2-22-12-6-5-10(16-17-12)13(19)15-8-3-4-9(14)11(7-8)18(20)21/h3-7H,2H2,1H3,(H,15,19). The van der Waals surface area contributed by atoms with Crippen LogP contribution in [0.3, 0.4) is 0 Å². The molecule has 0 bridgehead atoms. The Labute approximate surface area is 124 Å². The van der Waals surface area contributed by atoms with Gasteiger partial charge in [0.05, 0.1) is 11.5 Å². The van der Waals surface area contributed by atoms with Crippen LogP contribution in [0.5, 0.6) is 5.88 Å². The van der Waals surface area contributed by atoms with E-state index in [4.69, 9.17) is 4.74 Å². The Hall–Kier alpha value is -3.10. The van der Waals surface area contributed by atoms with E-state index in [-0.39, 0.29) is 17.3 Å². The van der Waals surface area contributed by atoms with E-state index in [1.807, 2.05) is 0 Å². The lowest BCUT2D eigenvalue weighted by Gasteiger charge is -2.05. The number of nitro benzene ring substituents is 1. The monoisotopic (exact) mass is 306 g/mol. The van der Waals surface area contributed by atoms with E-state index in [0.29, 0.717) is 6.61 Å². The molecule has 0 spiro atoms. The Morgan fingerprint density at radius 2 is 2.14 bits per heavy atom. The van der Waals surface area contributed by atoms with E-state index in [2.05, 4.69) is 15.5 Å². The maximum atomic E-state index is 13.2. The van der Waals surface area contributed by atoms with Crippen molar-refractivity contribution in [1.29, 1.82) is 0 Å². The summed E-state index contributed by atoms with van der Waals surface area (Å²) in [7, 11) is 0. The smallest absolute Gasteiger partial charge is 0.306 e. The molecule has 1 amide bonds. The number of aromatic nitrogens is 2. The lowest BCUT2D eigenvalue weighted by atomic mass is 10.2. The van der Waals surface area contributed by atoms with Crippen LogP contribution in [-0.2, 0) is 0 Å². The summed E-state index contributed by atoms with van der Waals surface area (Å²) in [5.74, 6) is -1.34. The van der Waals surface area contributed by atoms with Crippen LogP contribution in [0, 0.1) is 15.9 Å². The molecule has 8 nitrogen and oxygen atoms in total. The summed E-state index contributed by atoms with van der Waals surface area (Å²) in [4.78, 5) is 21.7. The molecule has 0 radical (unpaired) electrons. The van der Waals surface area contributed by atoms with Crippen molar-refractivity contribution < 1.29 is 18.8 Å². The van der Waals surface area contributed by atoms with Crippen molar-refractivity contribution in [3.63, 3.8) is 0 Å². The highest BCUT2D eigenvalue weighted by molar-refractivity contribution is 6.02. The van der Waals surface area contributed by atoms with Gasteiger partial charge in [-0.15, -0.1) is 10.2 Å². The minimum Gasteiger partial charge on any atom is -0.477 e. The Kier molecular flexibility index (Phi) is 4.57. The fraction of sp³-hybridized carbons (Fsp3) is 0.154. The van der Waals surface area contributed by atoms with Crippen molar-refractivity contribution in [2.24, 2.45) is 0 Å². The lowest BCUT2D eigenvalue weighted by Crippen LogP contribution is -2.14. The second kappa shape index (κ2) is 6.57. The fourth-order valence-electron chi connectivity index (χ4n) is 1.59. The molecule has 2 aromatic rings. The van der Waals surface area contributed by atoms with Crippen molar-refractivity contribution in [1.82, 2.24) is 10.2 Å². The minimum atomic E-state index is -0.983. The molecule has 114 valence electrons. The maximum absolute atomic E-state index is 13.2. The summed E-state index contributed by atoms with van der Waals surface area (Å²) >= 11 is 0. The number of amides is 1. The molecular formula is C13H11FN4O4. The van der Waals surface area contributed by atoms with Crippen molar-refractivity contribution in [2.75, 3.05) is 11.9 Å². The molecule has 22 heavy (non-hydrogen) atoms. The Balaban J connectivity index is 2.14. The first kappa shape index (κ1) is 15.3. The predicted molar refractivity (Wildman–Crippen MR) is 74.2 cm³/mol. The molecule has 1 aromatic carbocycles. The highest BCUT2D eigenvalue weighted by Gasteiger charge is 2.16. The summed E-state index contributed by atoms with van der Waals surface area (Å²) < 4.78 is 18.3. The molecule has 0 fully saturated rings. The second-order valence-electron chi connectivity index (χ2n) is 4.07. The zero-order valence-electron chi connectivity index (χ0n) is 11.4. The molecule has 1 heterocycles. The minimum absolute atomic E-state index is 0.00423. The van der Waals surface area contributed by atoms with Crippen LogP contribution in [-0.4, -0.2) is 27.6 Å². The van der Waals surface area contributed by atoms with E-state index < -0.39 is 22.3 Å². The first-order valence-electron chi connectivity index (χ1n) is 6.23. The number of nitrogens with one attached hydrogen (secondary N) is 1. The van der Waals surface area contributed by atoms with Gasteiger partial charge in [-0.1, -0.05) is 0 Å². The van der Waals surface area contributed by atoms with Crippen molar-refractivity contribution in [3.8, 4) is 5.88 Å². The molecule has 0 unspecified atom stereocenters. The van der Waals surface area contributed by atoms with Gasteiger partial charge < -0.3 is 10.1 Å². The van der Waals surface area contributed by atoms with E-state index in [1.54, 1.807) is 6.92 Å². The zero-order valence-corrected chi connectivity index (χ0v) is 11.4. The average molecular weight is 306 g/mol. The van der Waals surface area contributed by atoms with Gasteiger partial charge in [0.25, 0.3) is 5.91 Å². The normalized spacial score (nSPS) is 10.1. The molecule has 2 rings (SSSR count). The van der Waals surface area contributed by atoms with E-state index in [0.717, 1.165) is 12.1 Å². The van der Waals surface area contributed by atoms with Gasteiger partial charge in [-0.2, -0.15) is 4.39 Å². The molecule has 0 aliphatic heterocycles. The molecule has 0 aliphatic carbocycles. The van der Waals surface area contributed by atoms with Gasteiger partial charge in [0.2, 0.25) is 11.7 Å². The highest BCUT2D eigenvalue weighted by Crippen LogP contribution is 2.22. The molecule has 0 atom stereocenters. The van der Waals surface area contributed by atoms with E-state index >= 15 is 0 Å². The average Bonchev–Trinajstić information content (AvgIpc) is 2.50. The summed E-state index contributed by atoms with van der Waals surface area (Å²) in [6.45, 7) is 2.20. The van der Waals surface area contributed by atoms with Gasteiger partial charge in [-0.25, -0.2) is 0 Å². The number of rotatable bonds is 5. The number of nitro groups is 1. The number of carbonyl (C=O) groups excluding carboxylic acids is 1. The van der Waals surface area contributed by atoms with Gasteiger partial charge in [0, 0.05) is 17.8 Å². The zero-order chi connectivity index (χ0) is 16.1. The Morgan fingerprint density at radius 3 is 2.73 bits per heavy atom. The highest BCUT2D eigenvalue weighted by atomic mass is 19.1. The fourth-order valence-corrected chi connectivity index (χ4v) is 1.59. The molecule has 0 aliphatic rings. The number of hydrogen-bond donors (Lipinski definition) is 1. The molecule has 1 N–H and O–H groups in total. The van der Waals surface area contributed by atoms with Crippen LogP contribution in [0.2, 0.25) is 0 Å². The van der Waals surface area contributed by atoms with Gasteiger partial charge in [-0.05, 0) is 25.1 Å². The molecule has 1 aromatic heterocycles. The van der Waals surface area contributed by atoms with Gasteiger partial charge in [-0.3, -0.25) is 14.9 Å². The quantitative estimate of drug-likeness (QED) is 0.670. The van der Waals surface area contributed by atoms with Crippen LogP contribution in [0.4, 0.5) is 15.8 Å². The van der Waals surface area contributed by atoms with E-state index in [9.17, 15) is 19.3 Å². The van der Waals surface area contributed by atoms with Crippen LogP contribution in [0.15, 0.2) is 30.3 Å². The Bertz CT molecular complexity index is 706. The number of benzene rings is 1. The lowest BCUT2D eigenvalue weighted by molar-refractivity contribution is -0.387. The number of nitrogens with zero attached hydrogens (tertiary/aromatic N) is 3. The number of carbonyl (C=O) groups is 1. The SMILES string of the molecule is CCOc1ccc(C(=O)Nc2ccc(F)c([N+](=O)[O-])c2)nn1. The van der Waals surface area contributed by atoms with Crippen LogP contribution in [0.1, 0.15) is 17.4 Å². The van der Waals surface area contributed by atoms with Gasteiger partial charge in [0.15, 0.2) is 5.69 Å². The Morgan fingerprint density at radius 1 is 1.36 bits per heavy atom. The van der Waals surface area contributed by atoms with Crippen molar-refractivity contribution in [2.45, 2.75) is 6.92 Å². The number of hydrogen-bond acceptors (Lipinski definition) is 6. The number of ether oxygens (including phenoxy) is 1. The van der Waals surface area contributed by atoms with Crippen LogP contribution in [0.25, 0.3) is 0 Å². The number of halogens is 1. The predicted octanol–water partition coefficient (Wildman–Crippen LogP) is 2.17. The maximum Gasteiger partial charge on any atom is 0.306 e. The molecule has 9 heteroatoms. The second-order valence-corrected chi connectivity index (χ2v) is 4.07. The first-order chi connectivity index (χ1) is 10.5. The van der Waals surface area contributed by atoms with E-state index in [1.165, 1.54) is 18.2 Å². The topological polar surface area (TPSA) is 107 Å². The first-order valence-corrected chi connectivity index (χ1v) is 6.23. The van der Waals surface area contributed by atoms with Crippen molar-refractivity contribution >= 4 is 17.3 Å². The van der Waals surface area contributed by atoms with Gasteiger partial charge >= 0.3 is 5.69 Å². The van der Waals surface area contributed by atoms with Crippen LogP contribution >= 0.6 is 0 Å². The number of anilines is 1.